The number of hydrogen-bond donors (Lipinski definition) is 2. The van der Waals surface area contributed by atoms with E-state index < -0.39 is 5.97 Å². The summed E-state index contributed by atoms with van der Waals surface area (Å²) in [7, 11) is 0. The maximum absolute atomic E-state index is 12.0. The van der Waals surface area contributed by atoms with E-state index >= 15 is 0 Å². The Hall–Kier alpha value is -3.93. The van der Waals surface area contributed by atoms with E-state index in [0.717, 1.165) is 5.56 Å². The Balaban J connectivity index is 1.55. The lowest BCUT2D eigenvalue weighted by atomic mass is 10.2. The van der Waals surface area contributed by atoms with Gasteiger partial charge in [0.1, 0.15) is 5.75 Å². The average Bonchev–Trinajstić information content (AvgIpc) is 2.70. The van der Waals surface area contributed by atoms with Gasteiger partial charge >= 0.3 is 5.97 Å². The fourth-order valence-electron chi connectivity index (χ4n) is 2.23. The van der Waals surface area contributed by atoms with E-state index in [2.05, 4.69) is 10.5 Å². The molecule has 1 amide bonds. The van der Waals surface area contributed by atoms with Crippen molar-refractivity contribution in [1.29, 1.82) is 0 Å². The summed E-state index contributed by atoms with van der Waals surface area (Å²) < 4.78 is 5.30. The van der Waals surface area contributed by atoms with Gasteiger partial charge in [-0.05, 0) is 66.2 Å². The SMILES string of the molecule is Nc1ccc(C(=O)N/N=C\c2ccc(OC(=O)c3ccccc3)cc2)cc1. The summed E-state index contributed by atoms with van der Waals surface area (Å²) in [5.74, 6) is -0.334. The van der Waals surface area contributed by atoms with Crippen molar-refractivity contribution in [3.8, 4) is 5.75 Å². The number of nitrogen functional groups attached to an aromatic ring is 1. The van der Waals surface area contributed by atoms with Crippen molar-refractivity contribution in [2.45, 2.75) is 0 Å². The summed E-state index contributed by atoms with van der Waals surface area (Å²) in [6.45, 7) is 0. The van der Waals surface area contributed by atoms with Crippen molar-refractivity contribution in [1.82, 2.24) is 5.43 Å². The highest BCUT2D eigenvalue weighted by Gasteiger charge is 2.07. The van der Waals surface area contributed by atoms with Gasteiger partial charge in [0.2, 0.25) is 0 Å². The smallest absolute Gasteiger partial charge is 0.343 e. The third-order valence-electron chi connectivity index (χ3n) is 3.65. The second-order valence-corrected chi connectivity index (χ2v) is 5.65. The molecular formula is C21H17N3O3. The summed E-state index contributed by atoms with van der Waals surface area (Å²) in [6, 6.07) is 22.1. The lowest BCUT2D eigenvalue weighted by Gasteiger charge is -2.04. The number of anilines is 1. The number of nitrogens with two attached hydrogens (primary N) is 1. The summed E-state index contributed by atoms with van der Waals surface area (Å²) in [6.07, 6.45) is 1.50. The minimum absolute atomic E-state index is 0.334. The molecule has 0 atom stereocenters. The van der Waals surface area contributed by atoms with Crippen LogP contribution in [0.25, 0.3) is 0 Å². The van der Waals surface area contributed by atoms with E-state index in [0.29, 0.717) is 22.6 Å². The van der Waals surface area contributed by atoms with Crippen molar-refractivity contribution >= 4 is 23.8 Å². The van der Waals surface area contributed by atoms with Gasteiger partial charge in [0.25, 0.3) is 5.91 Å². The van der Waals surface area contributed by atoms with Gasteiger partial charge in [-0.25, -0.2) is 10.2 Å². The van der Waals surface area contributed by atoms with Gasteiger partial charge in [-0.3, -0.25) is 4.79 Å². The van der Waals surface area contributed by atoms with E-state index in [1.54, 1.807) is 72.8 Å². The van der Waals surface area contributed by atoms with Gasteiger partial charge in [0.05, 0.1) is 11.8 Å². The summed E-state index contributed by atoms with van der Waals surface area (Å²) in [4.78, 5) is 23.9. The van der Waals surface area contributed by atoms with Gasteiger partial charge in [-0.1, -0.05) is 18.2 Å². The third-order valence-corrected chi connectivity index (χ3v) is 3.65. The molecule has 0 aliphatic rings. The van der Waals surface area contributed by atoms with Crippen molar-refractivity contribution in [3.63, 3.8) is 0 Å². The Bertz CT molecular complexity index is 950. The molecule has 0 radical (unpaired) electrons. The van der Waals surface area contributed by atoms with Crippen LogP contribution in [0.4, 0.5) is 5.69 Å². The molecule has 0 aliphatic carbocycles. The van der Waals surface area contributed by atoms with Crippen LogP contribution in [0.1, 0.15) is 26.3 Å². The molecule has 6 heteroatoms. The van der Waals surface area contributed by atoms with Crippen LogP contribution < -0.4 is 15.9 Å². The summed E-state index contributed by atoms with van der Waals surface area (Å²) >= 11 is 0. The highest BCUT2D eigenvalue weighted by atomic mass is 16.5. The van der Waals surface area contributed by atoms with E-state index in [4.69, 9.17) is 10.5 Å². The second kappa shape index (κ2) is 8.44. The highest BCUT2D eigenvalue weighted by Crippen LogP contribution is 2.13. The van der Waals surface area contributed by atoms with Crippen molar-refractivity contribution in [2.24, 2.45) is 5.10 Å². The molecule has 0 saturated heterocycles. The van der Waals surface area contributed by atoms with Gasteiger partial charge in [-0.15, -0.1) is 0 Å². The monoisotopic (exact) mass is 359 g/mol. The topological polar surface area (TPSA) is 93.8 Å². The molecular weight excluding hydrogens is 342 g/mol. The fourth-order valence-corrected chi connectivity index (χ4v) is 2.23. The summed E-state index contributed by atoms with van der Waals surface area (Å²) in [5, 5.41) is 3.91. The first-order valence-electron chi connectivity index (χ1n) is 8.18. The quantitative estimate of drug-likeness (QED) is 0.240. The number of amides is 1. The van der Waals surface area contributed by atoms with Crippen molar-refractivity contribution in [3.05, 3.63) is 95.6 Å². The van der Waals surface area contributed by atoms with E-state index in [9.17, 15) is 9.59 Å². The number of nitrogens with zero attached hydrogens (tertiary/aromatic N) is 1. The largest absolute Gasteiger partial charge is 0.423 e. The number of rotatable bonds is 5. The van der Waals surface area contributed by atoms with Crippen molar-refractivity contribution < 1.29 is 14.3 Å². The predicted molar refractivity (Wildman–Crippen MR) is 104 cm³/mol. The maximum atomic E-state index is 12.0. The van der Waals surface area contributed by atoms with Crippen LogP contribution in [-0.2, 0) is 0 Å². The Labute approximate surface area is 156 Å². The number of ether oxygens (including phenoxy) is 1. The van der Waals surface area contributed by atoms with Gasteiger partial charge < -0.3 is 10.5 Å². The molecule has 3 rings (SSSR count). The molecule has 0 saturated carbocycles. The molecule has 3 N–H and O–H groups in total. The number of benzene rings is 3. The molecule has 0 spiro atoms. The number of carbonyl (C=O) groups is 2. The molecule has 0 bridgehead atoms. The lowest BCUT2D eigenvalue weighted by Crippen LogP contribution is -2.17. The van der Waals surface area contributed by atoms with Gasteiger partial charge in [0.15, 0.2) is 0 Å². The normalized spacial score (nSPS) is 10.5. The Morgan fingerprint density at radius 2 is 1.52 bits per heavy atom. The number of hydrogen-bond acceptors (Lipinski definition) is 5. The number of esters is 1. The zero-order valence-corrected chi connectivity index (χ0v) is 14.3. The molecule has 0 aromatic heterocycles. The van der Waals surface area contributed by atoms with Crippen molar-refractivity contribution in [2.75, 3.05) is 5.73 Å². The predicted octanol–water partition coefficient (Wildman–Crippen LogP) is 3.25. The molecule has 0 unspecified atom stereocenters. The molecule has 134 valence electrons. The van der Waals surface area contributed by atoms with Gasteiger partial charge in [-0.2, -0.15) is 5.10 Å². The average molecular weight is 359 g/mol. The Kier molecular flexibility index (Phi) is 5.59. The zero-order chi connectivity index (χ0) is 19.1. The van der Waals surface area contributed by atoms with Crippen LogP contribution in [0.2, 0.25) is 0 Å². The Morgan fingerprint density at radius 3 is 2.19 bits per heavy atom. The standard InChI is InChI=1S/C21H17N3O3/c22-18-10-8-16(9-11-18)20(25)24-23-14-15-6-12-19(13-7-15)27-21(26)17-4-2-1-3-5-17/h1-14H,22H2,(H,24,25)/b23-14-. The number of hydrazone groups is 1. The van der Waals surface area contributed by atoms with E-state index in [-0.39, 0.29) is 5.91 Å². The summed E-state index contributed by atoms with van der Waals surface area (Å²) in [5.41, 5.74) is 10.3. The minimum Gasteiger partial charge on any atom is -0.423 e. The van der Waals surface area contributed by atoms with Crippen LogP contribution in [0.15, 0.2) is 84.0 Å². The lowest BCUT2D eigenvalue weighted by molar-refractivity contribution is 0.0734. The van der Waals surface area contributed by atoms with Crippen LogP contribution in [0, 0.1) is 0 Å². The zero-order valence-electron chi connectivity index (χ0n) is 14.3. The minimum atomic E-state index is -0.423. The molecule has 0 aliphatic heterocycles. The van der Waals surface area contributed by atoms with Crippen LogP contribution in [-0.4, -0.2) is 18.1 Å². The second-order valence-electron chi connectivity index (χ2n) is 5.65. The third kappa shape index (κ3) is 5.02. The molecule has 6 nitrogen and oxygen atoms in total. The highest BCUT2D eigenvalue weighted by molar-refractivity contribution is 5.95. The molecule has 3 aromatic carbocycles. The van der Waals surface area contributed by atoms with E-state index in [1.807, 2.05) is 6.07 Å². The van der Waals surface area contributed by atoms with Crippen LogP contribution in [0.5, 0.6) is 5.75 Å². The van der Waals surface area contributed by atoms with Crippen LogP contribution >= 0.6 is 0 Å². The van der Waals surface area contributed by atoms with Crippen LogP contribution in [0.3, 0.4) is 0 Å². The number of nitrogens with one attached hydrogen (secondary N) is 1. The first kappa shape index (κ1) is 17.9. The molecule has 27 heavy (non-hydrogen) atoms. The van der Waals surface area contributed by atoms with E-state index in [1.165, 1.54) is 6.21 Å². The first-order chi connectivity index (χ1) is 13.1. The maximum Gasteiger partial charge on any atom is 0.343 e. The molecule has 0 fully saturated rings. The Morgan fingerprint density at radius 1 is 0.852 bits per heavy atom. The number of carbonyl (C=O) groups excluding carboxylic acids is 2. The molecule has 3 aromatic rings. The fraction of sp³-hybridized carbons (Fsp3) is 0. The van der Waals surface area contributed by atoms with Gasteiger partial charge in [0, 0.05) is 11.3 Å². The molecule has 0 heterocycles. The first-order valence-corrected chi connectivity index (χ1v) is 8.18.